The monoisotopic (exact) mass is 406 g/mol. The number of hydrogen-bond donors (Lipinski definition) is 0. The molecule has 5 heteroatoms. The summed E-state index contributed by atoms with van der Waals surface area (Å²) < 4.78 is 0. The third-order valence-corrected chi connectivity index (χ3v) is 6.42. The number of hydrogen-bond acceptors (Lipinski definition) is 4. The van der Waals surface area contributed by atoms with E-state index in [0.29, 0.717) is 27.8 Å². The van der Waals surface area contributed by atoms with Crippen molar-refractivity contribution in [2.75, 3.05) is 5.75 Å². The summed E-state index contributed by atoms with van der Waals surface area (Å²) >= 11 is 8.03. The molecule has 2 aliphatic carbocycles. The number of Topliss-reactive ketones (excluding diaryl/α,β-unsaturated/α-hetero) is 1. The molecule has 0 saturated carbocycles. The number of rotatable bonds is 3. The first-order chi connectivity index (χ1) is 13.5. The summed E-state index contributed by atoms with van der Waals surface area (Å²) in [5, 5.41) is 9.62. The molecule has 0 amide bonds. The summed E-state index contributed by atoms with van der Waals surface area (Å²) in [7, 11) is 0. The van der Waals surface area contributed by atoms with Gasteiger partial charge >= 0.3 is 0 Å². The molecule has 0 N–H and O–H groups in total. The van der Waals surface area contributed by atoms with E-state index in [2.05, 4.69) is 34.5 Å². The fourth-order valence-electron chi connectivity index (χ4n) is 3.39. The molecule has 3 nitrogen and oxygen atoms in total. The fraction of sp³-hybridized carbons (Fsp3) is 0.174. The van der Waals surface area contributed by atoms with Crippen molar-refractivity contribution in [3.05, 3.63) is 98.6 Å². The lowest BCUT2D eigenvalue weighted by Crippen LogP contribution is -2.07. The van der Waals surface area contributed by atoms with Crippen LogP contribution in [0.5, 0.6) is 0 Å². The molecule has 0 radical (unpaired) electrons. The average Bonchev–Trinajstić information content (AvgIpc) is 3.11. The molecule has 1 aromatic carbocycles. The number of halogens is 1. The number of benzene rings is 1. The first kappa shape index (κ1) is 18.9. The Morgan fingerprint density at radius 2 is 1.89 bits per heavy atom. The molecular formula is C23H19ClN2OS. The predicted octanol–water partition coefficient (Wildman–Crippen LogP) is 6.90. The maximum Gasteiger partial charge on any atom is 0.184 e. The van der Waals surface area contributed by atoms with E-state index in [9.17, 15) is 4.79 Å². The van der Waals surface area contributed by atoms with E-state index < -0.39 is 0 Å². The number of ketones is 1. The molecule has 0 saturated heterocycles. The molecule has 28 heavy (non-hydrogen) atoms. The molecule has 0 bridgehead atoms. The summed E-state index contributed by atoms with van der Waals surface area (Å²) in [6.07, 6.45) is 12.3. The quantitative estimate of drug-likeness (QED) is 0.512. The van der Waals surface area contributed by atoms with Crippen LogP contribution in [0.4, 0.5) is 5.69 Å². The van der Waals surface area contributed by atoms with Crippen LogP contribution in [0, 0.1) is 5.92 Å². The smallest absolute Gasteiger partial charge is 0.184 e. The highest BCUT2D eigenvalue weighted by Gasteiger charge is 2.28. The lowest BCUT2D eigenvalue weighted by atomic mass is 9.92. The normalized spacial score (nSPS) is 21.3. The Labute approximate surface area is 174 Å². The highest BCUT2D eigenvalue weighted by Crippen LogP contribution is 2.45. The SMILES string of the molecule is CC1=CC(=C(N=Nc2ccccc2Cl)C2=C3C=CC=CC3CS2)C=C(C)C1=O. The van der Waals surface area contributed by atoms with Crippen LogP contribution in [0.2, 0.25) is 5.02 Å². The maximum absolute atomic E-state index is 12.2. The van der Waals surface area contributed by atoms with Crippen LogP contribution in [-0.2, 0) is 4.79 Å². The van der Waals surface area contributed by atoms with Gasteiger partial charge in [-0.15, -0.1) is 22.0 Å². The van der Waals surface area contributed by atoms with Crippen molar-refractivity contribution in [3.8, 4) is 0 Å². The minimum atomic E-state index is 0.0706. The van der Waals surface area contributed by atoms with E-state index >= 15 is 0 Å². The van der Waals surface area contributed by atoms with Crippen LogP contribution in [0.1, 0.15) is 13.8 Å². The van der Waals surface area contributed by atoms with Crippen molar-refractivity contribution in [3.63, 3.8) is 0 Å². The second-order valence-electron chi connectivity index (χ2n) is 6.89. The topological polar surface area (TPSA) is 41.8 Å². The van der Waals surface area contributed by atoms with Crippen LogP contribution in [0.25, 0.3) is 0 Å². The Morgan fingerprint density at radius 1 is 1.14 bits per heavy atom. The largest absolute Gasteiger partial charge is 0.289 e. The molecule has 3 aliphatic rings. The summed E-state index contributed by atoms with van der Waals surface area (Å²) in [6.45, 7) is 3.68. The molecule has 4 rings (SSSR count). The molecule has 0 aromatic heterocycles. The number of azo groups is 1. The lowest BCUT2D eigenvalue weighted by Gasteiger charge is -2.14. The first-order valence-electron chi connectivity index (χ1n) is 9.08. The Balaban J connectivity index is 1.87. The highest BCUT2D eigenvalue weighted by atomic mass is 35.5. The van der Waals surface area contributed by atoms with Crippen molar-refractivity contribution >= 4 is 34.8 Å². The highest BCUT2D eigenvalue weighted by molar-refractivity contribution is 8.03. The van der Waals surface area contributed by atoms with Gasteiger partial charge in [0.1, 0.15) is 11.4 Å². The standard InChI is InChI=1S/C23H19ClN2OS/c1-14-11-17(12-15(2)22(14)27)21(26-25-20-10-6-5-9-19(20)24)23-18-8-4-3-7-16(18)13-28-23/h3-12,16H,13H2,1-2H3. The zero-order valence-electron chi connectivity index (χ0n) is 15.6. The van der Waals surface area contributed by atoms with Crippen molar-refractivity contribution in [1.82, 2.24) is 0 Å². The van der Waals surface area contributed by atoms with Gasteiger partial charge in [-0.2, -0.15) is 0 Å². The van der Waals surface area contributed by atoms with Gasteiger partial charge in [0.05, 0.1) is 5.02 Å². The molecule has 1 heterocycles. The summed E-state index contributed by atoms with van der Waals surface area (Å²) in [4.78, 5) is 13.3. The second kappa shape index (κ2) is 7.90. The van der Waals surface area contributed by atoms with Gasteiger partial charge in [0, 0.05) is 22.1 Å². The lowest BCUT2D eigenvalue weighted by molar-refractivity contribution is -0.112. The van der Waals surface area contributed by atoms with Gasteiger partial charge in [0.2, 0.25) is 0 Å². The summed E-state index contributed by atoms with van der Waals surface area (Å²) in [5.74, 6) is 1.44. The van der Waals surface area contributed by atoms with E-state index in [0.717, 1.165) is 21.9 Å². The molecule has 0 fully saturated rings. The van der Waals surface area contributed by atoms with Crippen molar-refractivity contribution < 1.29 is 4.79 Å². The van der Waals surface area contributed by atoms with Crippen molar-refractivity contribution in [2.24, 2.45) is 16.1 Å². The van der Waals surface area contributed by atoms with Crippen LogP contribution in [-0.4, -0.2) is 11.5 Å². The first-order valence-corrected chi connectivity index (χ1v) is 10.4. The minimum absolute atomic E-state index is 0.0706. The zero-order chi connectivity index (χ0) is 19.7. The molecule has 1 atom stereocenters. The van der Waals surface area contributed by atoms with Crippen molar-refractivity contribution in [1.29, 1.82) is 0 Å². The predicted molar refractivity (Wildman–Crippen MR) is 117 cm³/mol. The molecular weight excluding hydrogens is 388 g/mol. The summed E-state index contributed by atoms with van der Waals surface area (Å²) in [6, 6.07) is 7.39. The summed E-state index contributed by atoms with van der Waals surface area (Å²) in [5.41, 5.74) is 4.99. The van der Waals surface area contributed by atoms with Gasteiger partial charge in [-0.1, -0.05) is 48.0 Å². The van der Waals surface area contributed by atoms with Gasteiger partial charge in [0.15, 0.2) is 5.78 Å². The number of nitrogens with zero attached hydrogens (tertiary/aromatic N) is 2. The van der Waals surface area contributed by atoms with Crippen LogP contribution < -0.4 is 0 Å². The Bertz CT molecular complexity index is 1050. The number of carbonyl (C=O) groups is 1. The third kappa shape index (κ3) is 3.62. The molecule has 1 aromatic rings. The fourth-order valence-corrected chi connectivity index (χ4v) is 4.89. The average molecular weight is 407 g/mol. The molecule has 140 valence electrons. The Kier molecular flexibility index (Phi) is 5.33. The van der Waals surface area contributed by atoms with Crippen LogP contribution in [0.15, 0.2) is 104 Å². The van der Waals surface area contributed by atoms with E-state index in [1.165, 1.54) is 5.57 Å². The van der Waals surface area contributed by atoms with Gasteiger partial charge in [-0.05, 0) is 54.9 Å². The number of carbonyl (C=O) groups excluding carboxylic acids is 1. The van der Waals surface area contributed by atoms with E-state index in [1.807, 2.05) is 44.2 Å². The second-order valence-corrected chi connectivity index (χ2v) is 8.32. The van der Waals surface area contributed by atoms with E-state index in [-0.39, 0.29) is 5.78 Å². The Hall–Kier alpha value is -2.43. The third-order valence-electron chi connectivity index (χ3n) is 4.86. The molecule has 1 aliphatic heterocycles. The van der Waals surface area contributed by atoms with E-state index in [1.54, 1.807) is 17.8 Å². The van der Waals surface area contributed by atoms with Gasteiger partial charge in [-0.3, -0.25) is 4.79 Å². The van der Waals surface area contributed by atoms with Gasteiger partial charge in [0.25, 0.3) is 0 Å². The zero-order valence-corrected chi connectivity index (χ0v) is 17.2. The maximum atomic E-state index is 12.2. The number of allylic oxidation sites excluding steroid dienone is 10. The molecule has 0 spiro atoms. The number of fused-ring (bicyclic) bond motifs is 1. The number of thioether (sulfide) groups is 1. The molecule has 1 unspecified atom stereocenters. The van der Waals surface area contributed by atoms with E-state index in [4.69, 9.17) is 11.6 Å². The van der Waals surface area contributed by atoms with Gasteiger partial charge in [-0.25, -0.2) is 0 Å². The van der Waals surface area contributed by atoms with Crippen LogP contribution in [0.3, 0.4) is 0 Å². The van der Waals surface area contributed by atoms with Crippen molar-refractivity contribution in [2.45, 2.75) is 13.8 Å². The Morgan fingerprint density at radius 3 is 2.64 bits per heavy atom. The van der Waals surface area contributed by atoms with Crippen LogP contribution >= 0.6 is 23.4 Å². The minimum Gasteiger partial charge on any atom is -0.289 e. The van der Waals surface area contributed by atoms with Gasteiger partial charge < -0.3 is 0 Å².